The fourth-order valence-electron chi connectivity index (χ4n) is 3.11. The fourth-order valence-corrected chi connectivity index (χ4v) is 3.11. The number of rotatable bonds is 5. The first-order chi connectivity index (χ1) is 12.3. The Labute approximate surface area is 152 Å². The summed E-state index contributed by atoms with van der Waals surface area (Å²) >= 11 is 0. The molecule has 1 heterocycles. The van der Waals surface area contributed by atoms with Crippen LogP contribution >= 0.6 is 0 Å². The topological polar surface area (TPSA) is 91.1 Å². The third kappa shape index (κ3) is 3.54. The van der Waals surface area contributed by atoms with E-state index in [1.807, 2.05) is 19.1 Å². The highest BCUT2D eigenvalue weighted by molar-refractivity contribution is 6.08. The lowest BCUT2D eigenvalue weighted by atomic mass is 10.1. The predicted octanol–water partition coefficient (Wildman–Crippen LogP) is 3.74. The van der Waals surface area contributed by atoms with Gasteiger partial charge in [-0.1, -0.05) is 6.07 Å². The standard InChI is InChI=1S/C20H23N3O3/c1-10-5-8-15(22-19(25)14-6-7-14)9-16(10)23-20(26)18-11(2)17(13(4)24)12(3)21-18/h5,8-9,14,21H,6-7H2,1-4H3,(H,22,25)(H,23,26). The summed E-state index contributed by atoms with van der Waals surface area (Å²) in [4.78, 5) is 39.4. The molecule has 1 saturated carbocycles. The van der Waals surface area contributed by atoms with E-state index in [2.05, 4.69) is 15.6 Å². The zero-order chi connectivity index (χ0) is 19.0. The van der Waals surface area contributed by atoms with Gasteiger partial charge in [-0.2, -0.15) is 0 Å². The Hall–Kier alpha value is -2.89. The van der Waals surface area contributed by atoms with E-state index >= 15 is 0 Å². The third-order valence-corrected chi connectivity index (χ3v) is 4.72. The van der Waals surface area contributed by atoms with Gasteiger partial charge in [0.25, 0.3) is 5.91 Å². The van der Waals surface area contributed by atoms with Gasteiger partial charge in [0.1, 0.15) is 5.69 Å². The van der Waals surface area contributed by atoms with Crippen LogP contribution in [0.15, 0.2) is 18.2 Å². The number of aromatic nitrogens is 1. The average Bonchev–Trinajstić information content (AvgIpc) is 3.36. The molecule has 0 bridgehead atoms. The molecule has 1 aliphatic carbocycles. The zero-order valence-corrected chi connectivity index (χ0v) is 15.4. The summed E-state index contributed by atoms with van der Waals surface area (Å²) < 4.78 is 0. The van der Waals surface area contributed by atoms with Crippen LogP contribution in [0.25, 0.3) is 0 Å². The lowest BCUT2D eigenvalue weighted by Gasteiger charge is -2.11. The number of anilines is 2. The van der Waals surface area contributed by atoms with Crippen LogP contribution in [0.5, 0.6) is 0 Å². The fraction of sp³-hybridized carbons (Fsp3) is 0.350. The van der Waals surface area contributed by atoms with Crippen molar-refractivity contribution in [3.05, 3.63) is 46.3 Å². The molecule has 3 rings (SSSR count). The summed E-state index contributed by atoms with van der Waals surface area (Å²) in [6.07, 6.45) is 1.87. The minimum atomic E-state index is -0.313. The highest BCUT2D eigenvalue weighted by atomic mass is 16.2. The van der Waals surface area contributed by atoms with Crippen LogP contribution < -0.4 is 10.6 Å². The van der Waals surface area contributed by atoms with E-state index in [1.54, 1.807) is 19.9 Å². The summed E-state index contributed by atoms with van der Waals surface area (Å²) in [6.45, 7) is 6.91. The SMILES string of the molecule is CC(=O)c1c(C)[nH]c(C(=O)Nc2cc(NC(=O)C3CC3)ccc2C)c1C. The number of benzene rings is 1. The Kier molecular flexibility index (Phi) is 4.68. The highest BCUT2D eigenvalue weighted by Crippen LogP contribution is 2.31. The monoisotopic (exact) mass is 353 g/mol. The lowest BCUT2D eigenvalue weighted by Crippen LogP contribution is -2.16. The van der Waals surface area contributed by atoms with Gasteiger partial charge >= 0.3 is 0 Å². The molecular weight excluding hydrogens is 330 g/mol. The van der Waals surface area contributed by atoms with E-state index in [9.17, 15) is 14.4 Å². The molecule has 6 heteroatoms. The Bertz CT molecular complexity index is 907. The normalized spacial score (nSPS) is 13.4. The Morgan fingerprint density at radius 2 is 1.77 bits per heavy atom. The van der Waals surface area contributed by atoms with E-state index in [-0.39, 0.29) is 23.5 Å². The summed E-state index contributed by atoms with van der Waals surface area (Å²) in [5.74, 6) is -0.250. The van der Waals surface area contributed by atoms with E-state index in [0.29, 0.717) is 33.9 Å². The summed E-state index contributed by atoms with van der Waals surface area (Å²) in [6, 6.07) is 5.43. The van der Waals surface area contributed by atoms with Gasteiger partial charge in [0, 0.05) is 28.6 Å². The minimum Gasteiger partial charge on any atom is -0.354 e. The predicted molar refractivity (Wildman–Crippen MR) is 101 cm³/mol. The smallest absolute Gasteiger partial charge is 0.272 e. The average molecular weight is 353 g/mol. The van der Waals surface area contributed by atoms with Crippen LogP contribution in [0.1, 0.15) is 57.4 Å². The van der Waals surface area contributed by atoms with Gasteiger partial charge in [0.05, 0.1) is 0 Å². The van der Waals surface area contributed by atoms with Crippen LogP contribution in [-0.2, 0) is 4.79 Å². The molecule has 0 spiro atoms. The molecule has 2 aromatic rings. The van der Waals surface area contributed by atoms with Crippen molar-refractivity contribution in [3.8, 4) is 0 Å². The number of carbonyl (C=O) groups excluding carboxylic acids is 3. The van der Waals surface area contributed by atoms with Crippen LogP contribution in [-0.4, -0.2) is 22.6 Å². The van der Waals surface area contributed by atoms with Gasteiger partial charge in [-0.25, -0.2) is 0 Å². The van der Waals surface area contributed by atoms with Crippen LogP contribution in [0, 0.1) is 26.7 Å². The number of amides is 2. The lowest BCUT2D eigenvalue weighted by molar-refractivity contribution is -0.117. The van der Waals surface area contributed by atoms with Gasteiger partial charge in [0.15, 0.2) is 5.78 Å². The van der Waals surface area contributed by atoms with Gasteiger partial charge in [-0.3, -0.25) is 14.4 Å². The number of H-pyrrole nitrogens is 1. The molecule has 6 nitrogen and oxygen atoms in total. The molecule has 0 atom stereocenters. The Morgan fingerprint density at radius 3 is 2.35 bits per heavy atom. The molecule has 1 aromatic carbocycles. The number of aromatic amines is 1. The van der Waals surface area contributed by atoms with Gasteiger partial charge in [-0.15, -0.1) is 0 Å². The number of nitrogens with one attached hydrogen (secondary N) is 3. The maximum Gasteiger partial charge on any atom is 0.272 e. The molecule has 1 aliphatic rings. The van der Waals surface area contributed by atoms with Crippen molar-refractivity contribution in [1.82, 2.24) is 4.98 Å². The maximum atomic E-state index is 12.7. The van der Waals surface area contributed by atoms with E-state index < -0.39 is 0 Å². The van der Waals surface area contributed by atoms with E-state index in [4.69, 9.17) is 0 Å². The zero-order valence-electron chi connectivity index (χ0n) is 15.4. The van der Waals surface area contributed by atoms with Crippen molar-refractivity contribution in [1.29, 1.82) is 0 Å². The van der Waals surface area contributed by atoms with Gasteiger partial charge in [0.2, 0.25) is 5.91 Å². The van der Waals surface area contributed by atoms with Crippen LogP contribution in [0.3, 0.4) is 0 Å². The molecule has 136 valence electrons. The van der Waals surface area contributed by atoms with Gasteiger partial charge in [-0.05, 0) is 63.8 Å². The first kappa shape index (κ1) is 17.9. The van der Waals surface area contributed by atoms with Gasteiger partial charge < -0.3 is 15.6 Å². The number of ketones is 1. The van der Waals surface area contributed by atoms with Crippen LogP contribution in [0.2, 0.25) is 0 Å². The molecule has 0 unspecified atom stereocenters. The molecule has 26 heavy (non-hydrogen) atoms. The molecule has 0 aliphatic heterocycles. The number of aryl methyl sites for hydroxylation is 2. The number of hydrogen-bond donors (Lipinski definition) is 3. The van der Waals surface area contributed by atoms with Crippen molar-refractivity contribution >= 4 is 29.0 Å². The maximum absolute atomic E-state index is 12.7. The molecule has 1 aromatic heterocycles. The third-order valence-electron chi connectivity index (χ3n) is 4.72. The number of hydrogen-bond acceptors (Lipinski definition) is 3. The molecular formula is C20H23N3O3. The van der Waals surface area contributed by atoms with Crippen molar-refractivity contribution in [2.45, 2.75) is 40.5 Å². The van der Waals surface area contributed by atoms with Crippen molar-refractivity contribution in [3.63, 3.8) is 0 Å². The molecule has 1 fully saturated rings. The molecule has 2 amide bonds. The second-order valence-corrected chi connectivity index (χ2v) is 6.93. The Balaban J connectivity index is 1.82. The first-order valence-electron chi connectivity index (χ1n) is 8.71. The number of Topliss-reactive ketones (excluding diaryl/α,β-unsaturated/α-hetero) is 1. The van der Waals surface area contributed by atoms with E-state index in [1.165, 1.54) is 6.92 Å². The summed E-state index contributed by atoms with van der Waals surface area (Å²) in [5, 5.41) is 5.75. The summed E-state index contributed by atoms with van der Waals surface area (Å²) in [5.41, 5.74) is 4.42. The van der Waals surface area contributed by atoms with Crippen molar-refractivity contribution < 1.29 is 14.4 Å². The molecule has 0 saturated heterocycles. The Morgan fingerprint density at radius 1 is 1.08 bits per heavy atom. The number of carbonyl (C=O) groups is 3. The summed E-state index contributed by atoms with van der Waals surface area (Å²) in [7, 11) is 0. The largest absolute Gasteiger partial charge is 0.354 e. The second kappa shape index (κ2) is 6.78. The first-order valence-corrected chi connectivity index (χ1v) is 8.71. The second-order valence-electron chi connectivity index (χ2n) is 6.93. The minimum absolute atomic E-state index is 0.0214. The molecule has 3 N–H and O–H groups in total. The molecule has 0 radical (unpaired) electrons. The van der Waals surface area contributed by atoms with E-state index in [0.717, 1.165) is 18.4 Å². The van der Waals surface area contributed by atoms with Crippen LogP contribution in [0.4, 0.5) is 11.4 Å². The van der Waals surface area contributed by atoms with Crippen molar-refractivity contribution in [2.75, 3.05) is 10.6 Å². The van der Waals surface area contributed by atoms with Crippen molar-refractivity contribution in [2.24, 2.45) is 5.92 Å². The quantitative estimate of drug-likeness (QED) is 0.715. The highest BCUT2D eigenvalue weighted by Gasteiger charge is 2.29.